The summed E-state index contributed by atoms with van der Waals surface area (Å²) in [7, 11) is 0. The smallest absolute Gasteiger partial charge is 0.250 e. The molecule has 1 amide bonds. The molecule has 5 heteroatoms. The Bertz CT molecular complexity index is 490. The van der Waals surface area contributed by atoms with Crippen LogP contribution in [0.4, 0.5) is 5.69 Å². The van der Waals surface area contributed by atoms with E-state index in [1.165, 1.54) is 0 Å². The highest BCUT2D eigenvalue weighted by Gasteiger charge is 2.14. The predicted octanol–water partition coefficient (Wildman–Crippen LogP) is 2.08. The summed E-state index contributed by atoms with van der Waals surface area (Å²) < 4.78 is 10.9. The van der Waals surface area contributed by atoms with Gasteiger partial charge in [-0.15, -0.1) is 0 Å². The van der Waals surface area contributed by atoms with Crippen LogP contribution >= 0.6 is 0 Å². The van der Waals surface area contributed by atoms with E-state index in [1.807, 2.05) is 6.07 Å². The van der Waals surface area contributed by atoms with E-state index in [0.29, 0.717) is 17.9 Å². The van der Waals surface area contributed by atoms with Gasteiger partial charge in [-0.05, 0) is 37.5 Å². The fourth-order valence-corrected chi connectivity index (χ4v) is 2.09. The van der Waals surface area contributed by atoms with E-state index < -0.39 is 0 Å². The standard InChI is InChI=1S/C15H18N2O3/c16-9-12-4-3-5-13(8-12)17-15(18)11-19-10-14-6-1-2-7-20-14/h3-5,8,14H,1-2,6-7,10-11H2,(H,17,18). The average molecular weight is 274 g/mol. The molecule has 0 bridgehead atoms. The second kappa shape index (κ2) is 7.63. The van der Waals surface area contributed by atoms with Crippen LogP contribution in [-0.2, 0) is 14.3 Å². The second-order valence-corrected chi connectivity index (χ2v) is 4.74. The van der Waals surface area contributed by atoms with Gasteiger partial charge in [0.15, 0.2) is 0 Å². The van der Waals surface area contributed by atoms with Crippen molar-refractivity contribution in [2.24, 2.45) is 0 Å². The summed E-state index contributed by atoms with van der Waals surface area (Å²) in [6.07, 6.45) is 3.36. The summed E-state index contributed by atoms with van der Waals surface area (Å²) in [5.74, 6) is -0.226. The Kier molecular flexibility index (Phi) is 5.54. The third kappa shape index (κ3) is 4.65. The van der Waals surface area contributed by atoms with Crippen molar-refractivity contribution >= 4 is 11.6 Å². The van der Waals surface area contributed by atoms with Gasteiger partial charge in [0, 0.05) is 12.3 Å². The number of carbonyl (C=O) groups is 1. The topological polar surface area (TPSA) is 71.4 Å². The molecule has 106 valence electrons. The minimum absolute atomic E-state index is 0.00333. The summed E-state index contributed by atoms with van der Waals surface area (Å²) in [6, 6.07) is 8.81. The summed E-state index contributed by atoms with van der Waals surface area (Å²) in [6.45, 7) is 1.23. The first-order chi connectivity index (χ1) is 9.78. The Morgan fingerprint density at radius 2 is 2.40 bits per heavy atom. The van der Waals surface area contributed by atoms with Crippen LogP contribution in [0.1, 0.15) is 24.8 Å². The van der Waals surface area contributed by atoms with Gasteiger partial charge in [0.1, 0.15) is 6.61 Å². The number of ether oxygens (including phenoxy) is 2. The summed E-state index contributed by atoms with van der Waals surface area (Å²) in [5, 5.41) is 11.5. The van der Waals surface area contributed by atoms with Crippen molar-refractivity contribution in [1.82, 2.24) is 0 Å². The zero-order valence-electron chi connectivity index (χ0n) is 11.3. The molecule has 1 N–H and O–H groups in total. The van der Waals surface area contributed by atoms with Crippen LogP contribution in [0, 0.1) is 11.3 Å². The number of rotatable bonds is 5. The molecule has 1 saturated heterocycles. The molecule has 1 fully saturated rings. The largest absolute Gasteiger partial charge is 0.376 e. The minimum Gasteiger partial charge on any atom is -0.376 e. The molecule has 1 aromatic carbocycles. The molecule has 1 aromatic rings. The highest BCUT2D eigenvalue weighted by Crippen LogP contribution is 2.13. The van der Waals surface area contributed by atoms with Gasteiger partial charge in [-0.2, -0.15) is 5.26 Å². The second-order valence-electron chi connectivity index (χ2n) is 4.74. The molecule has 5 nitrogen and oxygen atoms in total. The molecule has 1 aliphatic heterocycles. The van der Waals surface area contributed by atoms with Crippen molar-refractivity contribution in [2.45, 2.75) is 25.4 Å². The van der Waals surface area contributed by atoms with Gasteiger partial charge in [0.25, 0.3) is 0 Å². The molecular weight excluding hydrogens is 256 g/mol. The minimum atomic E-state index is -0.226. The highest BCUT2D eigenvalue weighted by molar-refractivity contribution is 5.91. The van der Waals surface area contributed by atoms with E-state index in [2.05, 4.69) is 5.32 Å². The molecule has 0 aliphatic carbocycles. The van der Waals surface area contributed by atoms with Gasteiger partial charge in [0.2, 0.25) is 5.91 Å². The van der Waals surface area contributed by atoms with Gasteiger partial charge in [-0.3, -0.25) is 4.79 Å². The molecule has 0 aromatic heterocycles. The molecule has 1 heterocycles. The van der Waals surface area contributed by atoms with E-state index in [4.69, 9.17) is 14.7 Å². The maximum atomic E-state index is 11.7. The SMILES string of the molecule is N#Cc1cccc(NC(=O)COCC2CCCCO2)c1. The van der Waals surface area contributed by atoms with E-state index >= 15 is 0 Å². The lowest BCUT2D eigenvalue weighted by Gasteiger charge is -2.22. The number of nitriles is 1. The molecule has 0 saturated carbocycles. The van der Waals surface area contributed by atoms with Crippen LogP contribution in [0.5, 0.6) is 0 Å². The molecule has 1 unspecified atom stereocenters. The third-order valence-electron chi connectivity index (χ3n) is 3.09. The third-order valence-corrected chi connectivity index (χ3v) is 3.09. The van der Waals surface area contributed by atoms with E-state index in [1.54, 1.807) is 24.3 Å². The molecule has 0 spiro atoms. The molecule has 1 aliphatic rings. The molecule has 0 radical (unpaired) electrons. The van der Waals surface area contributed by atoms with Crippen LogP contribution in [0.25, 0.3) is 0 Å². The van der Waals surface area contributed by atoms with E-state index in [-0.39, 0.29) is 18.6 Å². The van der Waals surface area contributed by atoms with E-state index in [0.717, 1.165) is 25.9 Å². The number of amides is 1. The lowest BCUT2D eigenvalue weighted by molar-refractivity contribution is -0.122. The van der Waals surface area contributed by atoms with Crippen molar-refractivity contribution in [2.75, 3.05) is 25.1 Å². The zero-order chi connectivity index (χ0) is 14.2. The summed E-state index contributed by atoms with van der Waals surface area (Å²) in [5.41, 5.74) is 1.12. The number of anilines is 1. The van der Waals surface area contributed by atoms with Crippen LogP contribution < -0.4 is 5.32 Å². The number of nitrogens with zero attached hydrogens (tertiary/aromatic N) is 1. The van der Waals surface area contributed by atoms with Crippen molar-refractivity contribution < 1.29 is 14.3 Å². The van der Waals surface area contributed by atoms with Gasteiger partial charge in [-0.1, -0.05) is 6.07 Å². The lowest BCUT2D eigenvalue weighted by Crippen LogP contribution is -2.27. The fraction of sp³-hybridized carbons (Fsp3) is 0.467. The van der Waals surface area contributed by atoms with E-state index in [9.17, 15) is 4.79 Å². The Labute approximate surface area is 118 Å². The Balaban J connectivity index is 1.70. The first kappa shape index (κ1) is 14.5. The number of nitrogens with one attached hydrogen (secondary N) is 1. The van der Waals surface area contributed by atoms with Crippen LogP contribution in [0.2, 0.25) is 0 Å². The van der Waals surface area contributed by atoms with Crippen molar-refractivity contribution in [1.29, 1.82) is 5.26 Å². The zero-order valence-corrected chi connectivity index (χ0v) is 11.3. The highest BCUT2D eigenvalue weighted by atomic mass is 16.5. The first-order valence-corrected chi connectivity index (χ1v) is 6.77. The van der Waals surface area contributed by atoms with Crippen molar-refractivity contribution in [3.05, 3.63) is 29.8 Å². The number of benzene rings is 1. The van der Waals surface area contributed by atoms with Crippen molar-refractivity contribution in [3.8, 4) is 6.07 Å². The number of carbonyl (C=O) groups excluding carboxylic acids is 1. The lowest BCUT2D eigenvalue weighted by atomic mass is 10.1. The molecule has 1 atom stereocenters. The molecule has 2 rings (SSSR count). The van der Waals surface area contributed by atoms with Gasteiger partial charge >= 0.3 is 0 Å². The van der Waals surface area contributed by atoms with Crippen molar-refractivity contribution in [3.63, 3.8) is 0 Å². The Morgan fingerprint density at radius 1 is 1.50 bits per heavy atom. The molecular formula is C15H18N2O3. The van der Waals surface area contributed by atoms with Crippen LogP contribution in [0.15, 0.2) is 24.3 Å². The predicted molar refractivity (Wildman–Crippen MR) is 74.2 cm³/mol. The Hall–Kier alpha value is -1.90. The summed E-state index contributed by atoms with van der Waals surface area (Å²) in [4.78, 5) is 11.7. The first-order valence-electron chi connectivity index (χ1n) is 6.77. The fourth-order valence-electron chi connectivity index (χ4n) is 2.09. The van der Waals surface area contributed by atoms with Gasteiger partial charge in [-0.25, -0.2) is 0 Å². The van der Waals surface area contributed by atoms with Crippen LogP contribution in [-0.4, -0.2) is 31.8 Å². The maximum Gasteiger partial charge on any atom is 0.250 e. The number of hydrogen-bond donors (Lipinski definition) is 1. The normalized spacial score (nSPS) is 18.2. The maximum absolute atomic E-state index is 11.7. The monoisotopic (exact) mass is 274 g/mol. The van der Waals surface area contributed by atoms with Gasteiger partial charge < -0.3 is 14.8 Å². The number of hydrogen-bond acceptors (Lipinski definition) is 4. The average Bonchev–Trinajstić information content (AvgIpc) is 2.48. The van der Waals surface area contributed by atoms with Crippen LogP contribution in [0.3, 0.4) is 0 Å². The molecule has 20 heavy (non-hydrogen) atoms. The Morgan fingerprint density at radius 3 is 3.15 bits per heavy atom. The summed E-state index contributed by atoms with van der Waals surface area (Å²) >= 11 is 0. The van der Waals surface area contributed by atoms with Gasteiger partial charge in [0.05, 0.1) is 24.3 Å². The quantitative estimate of drug-likeness (QED) is 0.892.